The smallest absolute Gasteiger partial charge is 0.326 e. The highest BCUT2D eigenvalue weighted by Crippen LogP contribution is 2.04. The van der Waals surface area contributed by atoms with Gasteiger partial charge in [0.25, 0.3) is 0 Å². The topological polar surface area (TPSA) is 95.5 Å². The van der Waals surface area contributed by atoms with E-state index in [1.807, 2.05) is 13.8 Å². The van der Waals surface area contributed by atoms with E-state index in [4.69, 9.17) is 5.11 Å². The van der Waals surface area contributed by atoms with E-state index < -0.39 is 17.9 Å². The highest BCUT2D eigenvalue weighted by Gasteiger charge is 2.20. The van der Waals surface area contributed by atoms with Crippen molar-refractivity contribution in [2.75, 3.05) is 6.54 Å². The lowest BCUT2D eigenvalue weighted by molar-refractivity contribution is -0.142. The largest absolute Gasteiger partial charge is 0.480 e. The molecule has 86 valence electrons. The molecule has 0 radical (unpaired) electrons. The van der Waals surface area contributed by atoms with E-state index in [0.717, 1.165) is 0 Å². The summed E-state index contributed by atoms with van der Waals surface area (Å²) in [6.07, 6.45) is 0.750. The summed E-state index contributed by atoms with van der Waals surface area (Å²) in [4.78, 5) is 31.7. The van der Waals surface area contributed by atoms with Gasteiger partial charge >= 0.3 is 5.97 Å². The van der Waals surface area contributed by atoms with Crippen LogP contribution in [0.4, 0.5) is 0 Å². The van der Waals surface area contributed by atoms with Gasteiger partial charge in [0.2, 0.25) is 12.3 Å². The van der Waals surface area contributed by atoms with Gasteiger partial charge in [0.1, 0.15) is 6.04 Å². The zero-order valence-corrected chi connectivity index (χ0v) is 8.82. The molecule has 0 saturated heterocycles. The van der Waals surface area contributed by atoms with E-state index in [0.29, 0.717) is 12.8 Å². The van der Waals surface area contributed by atoms with Crippen molar-refractivity contribution in [2.24, 2.45) is 5.92 Å². The van der Waals surface area contributed by atoms with Crippen LogP contribution >= 0.6 is 0 Å². The van der Waals surface area contributed by atoms with E-state index in [1.54, 1.807) is 0 Å². The second-order valence-corrected chi connectivity index (χ2v) is 3.59. The van der Waals surface area contributed by atoms with Crippen LogP contribution in [-0.2, 0) is 14.4 Å². The molecule has 3 N–H and O–H groups in total. The Balaban J connectivity index is 4.10. The fourth-order valence-corrected chi connectivity index (χ4v) is 1.07. The summed E-state index contributed by atoms with van der Waals surface area (Å²) in [6, 6.07) is -0.897. The Morgan fingerprint density at radius 2 is 2.00 bits per heavy atom. The van der Waals surface area contributed by atoms with Crippen molar-refractivity contribution in [2.45, 2.75) is 26.3 Å². The van der Waals surface area contributed by atoms with Gasteiger partial charge in [-0.1, -0.05) is 13.8 Å². The molecule has 0 bridgehead atoms. The number of hydrogen-bond acceptors (Lipinski definition) is 3. The first-order chi connectivity index (χ1) is 6.97. The summed E-state index contributed by atoms with van der Waals surface area (Å²) in [5.74, 6) is -1.40. The second-order valence-electron chi connectivity index (χ2n) is 3.59. The van der Waals surface area contributed by atoms with E-state index in [2.05, 4.69) is 10.6 Å². The molecule has 0 aliphatic heterocycles. The summed E-state index contributed by atoms with van der Waals surface area (Å²) in [7, 11) is 0. The summed E-state index contributed by atoms with van der Waals surface area (Å²) in [5, 5.41) is 13.3. The van der Waals surface area contributed by atoms with Crippen molar-refractivity contribution >= 4 is 18.3 Å². The van der Waals surface area contributed by atoms with Crippen LogP contribution in [0.25, 0.3) is 0 Å². The summed E-state index contributed by atoms with van der Waals surface area (Å²) in [5.41, 5.74) is 0. The average Bonchev–Trinajstić information content (AvgIpc) is 2.12. The van der Waals surface area contributed by atoms with Gasteiger partial charge in [-0.2, -0.15) is 0 Å². The Kier molecular flexibility index (Phi) is 6.08. The molecule has 6 nitrogen and oxygen atoms in total. The van der Waals surface area contributed by atoms with Crippen molar-refractivity contribution in [3.05, 3.63) is 0 Å². The number of rotatable bonds is 7. The van der Waals surface area contributed by atoms with Crippen LogP contribution in [0.1, 0.15) is 20.3 Å². The highest BCUT2D eigenvalue weighted by atomic mass is 16.4. The van der Waals surface area contributed by atoms with Gasteiger partial charge in [0.15, 0.2) is 0 Å². The lowest BCUT2D eigenvalue weighted by Crippen LogP contribution is -2.45. The van der Waals surface area contributed by atoms with Crippen LogP contribution in [0.5, 0.6) is 0 Å². The van der Waals surface area contributed by atoms with Crippen LogP contribution in [0.2, 0.25) is 0 Å². The molecule has 0 rings (SSSR count). The first-order valence-electron chi connectivity index (χ1n) is 4.66. The Hall–Kier alpha value is -1.59. The highest BCUT2D eigenvalue weighted by molar-refractivity contribution is 5.85. The predicted octanol–water partition coefficient (Wildman–Crippen LogP) is -0.652. The maximum absolute atomic E-state index is 11.1. The van der Waals surface area contributed by atoms with Crippen LogP contribution in [0, 0.1) is 5.92 Å². The third-order valence-electron chi connectivity index (χ3n) is 1.69. The first kappa shape index (κ1) is 13.4. The number of carboxylic acids is 1. The van der Waals surface area contributed by atoms with E-state index in [9.17, 15) is 14.4 Å². The van der Waals surface area contributed by atoms with Gasteiger partial charge in [-0.3, -0.25) is 9.59 Å². The maximum Gasteiger partial charge on any atom is 0.326 e. The summed E-state index contributed by atoms with van der Waals surface area (Å²) >= 11 is 0. The fraction of sp³-hybridized carbons (Fsp3) is 0.667. The molecule has 15 heavy (non-hydrogen) atoms. The molecule has 1 unspecified atom stereocenters. The number of carbonyl (C=O) groups excluding carboxylic acids is 2. The fourth-order valence-electron chi connectivity index (χ4n) is 1.07. The Bertz CT molecular complexity index is 240. The number of hydrogen-bond donors (Lipinski definition) is 3. The van der Waals surface area contributed by atoms with Crippen LogP contribution in [0.3, 0.4) is 0 Å². The SMILES string of the molecule is CC(C)CC(NC(=O)CNC=O)C(=O)O. The van der Waals surface area contributed by atoms with Gasteiger partial charge < -0.3 is 15.7 Å². The van der Waals surface area contributed by atoms with Gasteiger partial charge in [-0.15, -0.1) is 0 Å². The molecular weight excluding hydrogens is 200 g/mol. The molecule has 0 fully saturated rings. The molecule has 0 aromatic rings. The molecule has 0 heterocycles. The minimum Gasteiger partial charge on any atom is -0.480 e. The predicted molar refractivity (Wildman–Crippen MR) is 53.1 cm³/mol. The van der Waals surface area contributed by atoms with Gasteiger partial charge in [0.05, 0.1) is 6.54 Å². The van der Waals surface area contributed by atoms with Crippen molar-refractivity contribution in [1.29, 1.82) is 0 Å². The molecule has 0 saturated carbocycles. The van der Waals surface area contributed by atoms with E-state index in [-0.39, 0.29) is 12.5 Å². The standard InChI is InChI=1S/C9H16N2O4/c1-6(2)3-7(9(14)15)11-8(13)4-10-5-12/h5-7H,3-4H2,1-2H3,(H,10,12)(H,11,13)(H,14,15). The third kappa shape index (κ3) is 6.48. The third-order valence-corrected chi connectivity index (χ3v) is 1.69. The van der Waals surface area contributed by atoms with Crippen molar-refractivity contribution in [1.82, 2.24) is 10.6 Å². The lowest BCUT2D eigenvalue weighted by atomic mass is 10.0. The molecule has 0 spiro atoms. The summed E-state index contributed by atoms with van der Waals surface area (Å²) < 4.78 is 0. The Morgan fingerprint density at radius 3 is 2.40 bits per heavy atom. The second kappa shape index (κ2) is 6.80. The van der Waals surface area contributed by atoms with E-state index >= 15 is 0 Å². The molecule has 0 aliphatic rings. The number of nitrogens with one attached hydrogen (secondary N) is 2. The number of aliphatic carboxylic acids is 1. The molecule has 6 heteroatoms. The van der Waals surface area contributed by atoms with Gasteiger partial charge in [-0.25, -0.2) is 4.79 Å². The first-order valence-corrected chi connectivity index (χ1v) is 4.66. The van der Waals surface area contributed by atoms with Crippen LogP contribution in [0.15, 0.2) is 0 Å². The van der Waals surface area contributed by atoms with Crippen molar-refractivity contribution in [3.8, 4) is 0 Å². The van der Waals surface area contributed by atoms with Crippen molar-refractivity contribution < 1.29 is 19.5 Å². The molecule has 0 aromatic heterocycles. The molecular formula is C9H16N2O4. The number of carboxylic acid groups (broad SMARTS) is 1. The zero-order valence-electron chi connectivity index (χ0n) is 8.82. The summed E-state index contributed by atoms with van der Waals surface area (Å²) in [6.45, 7) is 3.53. The van der Waals surface area contributed by atoms with Crippen LogP contribution in [-0.4, -0.2) is 36.0 Å². The molecule has 0 aromatic carbocycles. The molecule has 0 aliphatic carbocycles. The zero-order chi connectivity index (χ0) is 11.8. The molecule has 2 amide bonds. The number of carbonyl (C=O) groups is 3. The Labute approximate surface area is 88.0 Å². The lowest BCUT2D eigenvalue weighted by Gasteiger charge is -2.16. The van der Waals surface area contributed by atoms with E-state index in [1.165, 1.54) is 0 Å². The van der Waals surface area contributed by atoms with Crippen molar-refractivity contribution in [3.63, 3.8) is 0 Å². The van der Waals surface area contributed by atoms with Gasteiger partial charge in [0, 0.05) is 0 Å². The normalized spacial score (nSPS) is 11.9. The van der Waals surface area contributed by atoms with Crippen LogP contribution < -0.4 is 10.6 Å². The average molecular weight is 216 g/mol. The minimum atomic E-state index is -1.07. The van der Waals surface area contributed by atoms with Gasteiger partial charge in [-0.05, 0) is 12.3 Å². The number of amides is 2. The Morgan fingerprint density at radius 1 is 1.40 bits per heavy atom. The monoisotopic (exact) mass is 216 g/mol. The minimum absolute atomic E-state index is 0.172. The quantitative estimate of drug-likeness (QED) is 0.493. The molecule has 1 atom stereocenters. The maximum atomic E-state index is 11.1.